The molecule has 0 amide bonds. The quantitative estimate of drug-likeness (QED) is 0.816. The van der Waals surface area contributed by atoms with Gasteiger partial charge in [0, 0.05) is 13.5 Å². The van der Waals surface area contributed by atoms with Crippen LogP contribution in [0.25, 0.3) is 5.78 Å². The fourth-order valence-corrected chi connectivity index (χ4v) is 1.85. The molecule has 2 aromatic heterocycles. The number of rotatable bonds is 5. The molecule has 0 aromatic carbocycles. The number of fused-ring (bicyclic) bond motifs is 1. The third-order valence-electron chi connectivity index (χ3n) is 2.39. The minimum Gasteiger partial charge on any atom is -0.357 e. The first-order chi connectivity index (χ1) is 8.28. The van der Waals surface area contributed by atoms with Crippen LogP contribution in [0.2, 0.25) is 0 Å². The van der Waals surface area contributed by atoms with E-state index < -0.39 is 0 Å². The summed E-state index contributed by atoms with van der Waals surface area (Å²) < 4.78 is 1.66. The Kier molecular flexibility index (Phi) is 3.78. The van der Waals surface area contributed by atoms with Gasteiger partial charge in [0.15, 0.2) is 11.0 Å². The highest BCUT2D eigenvalue weighted by atomic mass is 32.2. The summed E-state index contributed by atoms with van der Waals surface area (Å²) in [6, 6.07) is 0. The number of nitrogens with zero attached hydrogens (tertiary/aromatic N) is 5. The zero-order valence-electron chi connectivity index (χ0n) is 10.3. The van der Waals surface area contributed by atoms with Gasteiger partial charge in [-0.15, -0.1) is 5.10 Å². The van der Waals surface area contributed by atoms with Gasteiger partial charge in [0.05, 0.1) is 0 Å². The number of hydrogen-bond donors (Lipinski definition) is 1. The highest BCUT2D eigenvalue weighted by Crippen LogP contribution is 2.14. The van der Waals surface area contributed by atoms with Crippen molar-refractivity contribution in [1.82, 2.24) is 24.6 Å². The van der Waals surface area contributed by atoms with E-state index in [-0.39, 0.29) is 0 Å². The Morgan fingerprint density at radius 2 is 2.12 bits per heavy atom. The smallest absolute Gasteiger partial charge is 0.258 e. The van der Waals surface area contributed by atoms with Crippen LogP contribution in [0.3, 0.4) is 0 Å². The highest BCUT2D eigenvalue weighted by molar-refractivity contribution is 7.98. The monoisotopic (exact) mass is 252 g/mol. The van der Waals surface area contributed by atoms with Crippen molar-refractivity contribution in [3.8, 4) is 0 Å². The lowest BCUT2D eigenvalue weighted by Crippen LogP contribution is -2.05. The summed E-state index contributed by atoms with van der Waals surface area (Å²) in [6.45, 7) is 2.15. The van der Waals surface area contributed by atoms with Crippen molar-refractivity contribution >= 4 is 23.5 Å². The van der Waals surface area contributed by atoms with Crippen molar-refractivity contribution in [2.24, 2.45) is 0 Å². The van der Waals surface area contributed by atoms with Crippen LogP contribution in [0.15, 0.2) is 5.16 Å². The molecule has 0 saturated heterocycles. The normalized spacial score (nSPS) is 11.0. The average molecular weight is 252 g/mol. The summed E-state index contributed by atoms with van der Waals surface area (Å²) in [5.41, 5.74) is 0. The van der Waals surface area contributed by atoms with Gasteiger partial charge in [0.2, 0.25) is 5.95 Å². The summed E-state index contributed by atoms with van der Waals surface area (Å²) >= 11 is 1.50. The predicted molar refractivity (Wildman–Crippen MR) is 68.5 cm³/mol. The topological polar surface area (TPSA) is 68.0 Å². The van der Waals surface area contributed by atoms with E-state index in [9.17, 15) is 0 Å². The van der Waals surface area contributed by atoms with Crippen molar-refractivity contribution < 1.29 is 0 Å². The van der Waals surface area contributed by atoms with E-state index in [1.165, 1.54) is 11.8 Å². The van der Waals surface area contributed by atoms with Gasteiger partial charge in [-0.05, 0) is 12.7 Å². The fraction of sp³-hybridized carbons (Fsp3) is 0.600. The Labute approximate surface area is 104 Å². The van der Waals surface area contributed by atoms with Gasteiger partial charge >= 0.3 is 0 Å². The van der Waals surface area contributed by atoms with Crippen LogP contribution in [0.4, 0.5) is 5.95 Å². The van der Waals surface area contributed by atoms with E-state index in [4.69, 9.17) is 0 Å². The highest BCUT2D eigenvalue weighted by Gasteiger charge is 2.10. The number of unbranched alkanes of at least 4 members (excludes halogenated alkanes) is 1. The second-order valence-corrected chi connectivity index (χ2v) is 4.40. The molecule has 2 rings (SSSR count). The number of anilines is 1. The van der Waals surface area contributed by atoms with Crippen LogP contribution in [0, 0.1) is 0 Å². The van der Waals surface area contributed by atoms with Gasteiger partial charge in [-0.3, -0.25) is 0 Å². The maximum Gasteiger partial charge on any atom is 0.258 e. The van der Waals surface area contributed by atoms with E-state index >= 15 is 0 Å². The van der Waals surface area contributed by atoms with Crippen molar-refractivity contribution in [2.45, 2.75) is 31.3 Å². The molecule has 7 heteroatoms. The van der Waals surface area contributed by atoms with Crippen LogP contribution in [0.1, 0.15) is 25.6 Å². The molecule has 0 aliphatic rings. The Morgan fingerprint density at radius 3 is 2.76 bits per heavy atom. The zero-order chi connectivity index (χ0) is 12.3. The minimum absolute atomic E-state index is 0.611. The molecule has 0 fully saturated rings. The molecular formula is C10H16N6S. The van der Waals surface area contributed by atoms with Crippen LogP contribution in [-0.2, 0) is 6.42 Å². The first-order valence-electron chi connectivity index (χ1n) is 5.64. The summed E-state index contributed by atoms with van der Waals surface area (Å²) in [4.78, 5) is 13.1. The molecule has 0 radical (unpaired) electrons. The molecule has 0 bridgehead atoms. The molecule has 2 heterocycles. The fourth-order valence-electron chi connectivity index (χ4n) is 1.50. The van der Waals surface area contributed by atoms with Gasteiger partial charge < -0.3 is 5.32 Å². The lowest BCUT2D eigenvalue weighted by atomic mass is 10.2. The average Bonchev–Trinajstić information content (AvgIpc) is 2.77. The Hall–Kier alpha value is -1.37. The molecule has 0 unspecified atom stereocenters. The van der Waals surface area contributed by atoms with Gasteiger partial charge in [-0.25, -0.2) is 0 Å². The number of thioether (sulfide) groups is 1. The van der Waals surface area contributed by atoms with Crippen molar-refractivity contribution in [3.05, 3.63) is 5.82 Å². The van der Waals surface area contributed by atoms with Crippen LogP contribution in [0.5, 0.6) is 0 Å². The molecule has 6 nitrogen and oxygen atoms in total. The third-order valence-corrected chi connectivity index (χ3v) is 2.94. The van der Waals surface area contributed by atoms with Crippen LogP contribution in [-0.4, -0.2) is 37.9 Å². The molecule has 92 valence electrons. The second-order valence-electron chi connectivity index (χ2n) is 3.63. The summed E-state index contributed by atoms with van der Waals surface area (Å²) in [6.07, 6.45) is 5.06. The maximum atomic E-state index is 4.41. The van der Waals surface area contributed by atoms with Crippen molar-refractivity contribution in [3.63, 3.8) is 0 Å². The van der Waals surface area contributed by atoms with E-state index in [0.717, 1.165) is 25.1 Å². The zero-order valence-corrected chi connectivity index (χ0v) is 11.1. The van der Waals surface area contributed by atoms with E-state index in [0.29, 0.717) is 16.9 Å². The molecule has 0 saturated carbocycles. The van der Waals surface area contributed by atoms with Crippen LogP contribution >= 0.6 is 11.8 Å². The number of aromatic nitrogens is 5. The summed E-state index contributed by atoms with van der Waals surface area (Å²) in [7, 11) is 1.82. The molecule has 1 N–H and O–H groups in total. The van der Waals surface area contributed by atoms with Gasteiger partial charge in [-0.2, -0.15) is 19.5 Å². The SMILES string of the molecule is CCCCc1nc2nc(SC)nc(NC)n2n1. The molecule has 0 spiro atoms. The Bertz CT molecular complexity index is 509. The summed E-state index contributed by atoms with van der Waals surface area (Å²) in [5.74, 6) is 2.12. The maximum absolute atomic E-state index is 4.41. The van der Waals surface area contributed by atoms with Gasteiger partial charge in [0.25, 0.3) is 5.78 Å². The largest absolute Gasteiger partial charge is 0.357 e. The molecule has 0 aliphatic carbocycles. The van der Waals surface area contributed by atoms with Gasteiger partial charge in [0.1, 0.15) is 0 Å². The predicted octanol–water partition coefficient (Wildman–Crippen LogP) is 1.63. The lowest BCUT2D eigenvalue weighted by molar-refractivity contribution is 0.744. The summed E-state index contributed by atoms with van der Waals surface area (Å²) in [5, 5.41) is 8.12. The Balaban J connectivity index is 2.43. The third kappa shape index (κ3) is 2.49. The molecular weight excluding hydrogens is 236 g/mol. The molecule has 0 aliphatic heterocycles. The molecule has 2 aromatic rings. The second kappa shape index (κ2) is 5.31. The number of hydrogen-bond acceptors (Lipinski definition) is 6. The Morgan fingerprint density at radius 1 is 1.29 bits per heavy atom. The standard InChI is InChI=1S/C10H16N6S/c1-4-5-6-7-12-9-14-10(17-3)13-8(11-2)16(9)15-7/h4-6H2,1-3H3,(H,11,12,13,14,15). The van der Waals surface area contributed by atoms with Gasteiger partial charge in [-0.1, -0.05) is 25.1 Å². The minimum atomic E-state index is 0.611. The molecule has 0 atom stereocenters. The first kappa shape index (κ1) is 12.1. The molecule has 17 heavy (non-hydrogen) atoms. The van der Waals surface area contributed by atoms with E-state index in [2.05, 4.69) is 32.3 Å². The number of nitrogens with one attached hydrogen (secondary N) is 1. The lowest BCUT2D eigenvalue weighted by Gasteiger charge is -2.02. The van der Waals surface area contributed by atoms with Crippen molar-refractivity contribution in [1.29, 1.82) is 0 Å². The first-order valence-corrected chi connectivity index (χ1v) is 6.86. The van der Waals surface area contributed by atoms with E-state index in [1.807, 2.05) is 13.3 Å². The van der Waals surface area contributed by atoms with E-state index in [1.54, 1.807) is 4.52 Å². The number of aryl methyl sites for hydroxylation is 1. The van der Waals surface area contributed by atoms with Crippen molar-refractivity contribution in [2.75, 3.05) is 18.6 Å². The van der Waals surface area contributed by atoms with Crippen LogP contribution < -0.4 is 5.32 Å².